The monoisotopic (exact) mass is 197 g/mol. The molecule has 0 aliphatic rings. The second kappa shape index (κ2) is 3.69. The Hall–Kier alpha value is -1.53. The van der Waals surface area contributed by atoms with E-state index in [9.17, 15) is 10.1 Å². The van der Waals surface area contributed by atoms with Crippen LogP contribution >= 0.6 is 0 Å². The van der Waals surface area contributed by atoms with Gasteiger partial charge in [-0.25, -0.2) is 0 Å². The van der Waals surface area contributed by atoms with E-state index in [-0.39, 0.29) is 12.3 Å². The Morgan fingerprint density at radius 2 is 2.36 bits per heavy atom. The van der Waals surface area contributed by atoms with Gasteiger partial charge in [0.05, 0.1) is 22.8 Å². The largest absolute Gasteiger partial charge is 0.394 e. The van der Waals surface area contributed by atoms with Crippen molar-refractivity contribution >= 4 is 5.69 Å². The molecule has 1 heterocycles. The summed E-state index contributed by atoms with van der Waals surface area (Å²) in [5.41, 5.74) is 5.04. The lowest BCUT2D eigenvalue weighted by atomic mass is 10.00. The number of hydrogen-bond acceptors (Lipinski definition) is 5. The van der Waals surface area contributed by atoms with E-state index in [0.717, 1.165) is 6.20 Å². The molecule has 0 bridgehead atoms. The lowest BCUT2D eigenvalue weighted by molar-refractivity contribution is -0.385. The van der Waals surface area contributed by atoms with Gasteiger partial charge in [-0.2, -0.15) is 0 Å². The zero-order chi connectivity index (χ0) is 10.8. The van der Waals surface area contributed by atoms with Crippen molar-refractivity contribution in [1.82, 2.24) is 4.98 Å². The highest BCUT2D eigenvalue weighted by Crippen LogP contribution is 2.17. The van der Waals surface area contributed by atoms with Gasteiger partial charge in [-0.15, -0.1) is 0 Å². The molecule has 1 aromatic rings. The highest BCUT2D eigenvalue weighted by Gasteiger charge is 2.22. The Labute approximate surface area is 80.5 Å². The maximum Gasteiger partial charge on any atom is 0.287 e. The molecule has 0 aliphatic carbocycles. The van der Waals surface area contributed by atoms with Crippen molar-refractivity contribution in [3.63, 3.8) is 0 Å². The average molecular weight is 197 g/mol. The number of aliphatic hydroxyl groups excluding tert-OH is 1. The lowest BCUT2D eigenvalue weighted by Crippen LogP contribution is -2.37. The second-order valence-electron chi connectivity index (χ2n) is 3.23. The molecule has 14 heavy (non-hydrogen) atoms. The molecular formula is C8H11N3O3. The summed E-state index contributed by atoms with van der Waals surface area (Å²) in [7, 11) is 0. The molecule has 6 nitrogen and oxygen atoms in total. The molecule has 0 saturated heterocycles. The minimum Gasteiger partial charge on any atom is -0.394 e. The normalized spacial score (nSPS) is 14.8. The minimum atomic E-state index is -0.963. The van der Waals surface area contributed by atoms with E-state index in [2.05, 4.69) is 4.98 Å². The Morgan fingerprint density at radius 3 is 2.71 bits per heavy atom. The van der Waals surface area contributed by atoms with Gasteiger partial charge in [-0.05, 0) is 13.0 Å². The molecule has 0 aliphatic heterocycles. The molecule has 0 radical (unpaired) electrons. The van der Waals surface area contributed by atoms with E-state index >= 15 is 0 Å². The van der Waals surface area contributed by atoms with E-state index in [1.165, 1.54) is 12.1 Å². The Kier molecular flexibility index (Phi) is 2.78. The number of nitrogens with zero attached hydrogens (tertiary/aromatic N) is 2. The SMILES string of the molecule is C[C@](N)(CO)c1ccc([N+](=O)[O-])cn1. The van der Waals surface area contributed by atoms with E-state index in [4.69, 9.17) is 10.8 Å². The second-order valence-corrected chi connectivity index (χ2v) is 3.23. The molecule has 3 N–H and O–H groups in total. The predicted octanol–water partition coefficient (Wildman–Crippen LogP) is 0.156. The quantitative estimate of drug-likeness (QED) is 0.530. The van der Waals surface area contributed by atoms with Crippen LogP contribution in [0.4, 0.5) is 5.69 Å². The van der Waals surface area contributed by atoms with Gasteiger partial charge >= 0.3 is 0 Å². The molecule has 0 saturated carbocycles. The number of aliphatic hydroxyl groups is 1. The summed E-state index contributed by atoms with van der Waals surface area (Å²) in [6, 6.07) is 2.75. The molecule has 0 unspecified atom stereocenters. The summed E-state index contributed by atoms with van der Waals surface area (Å²) < 4.78 is 0. The Bertz CT molecular complexity index is 334. The summed E-state index contributed by atoms with van der Waals surface area (Å²) in [5, 5.41) is 19.2. The number of rotatable bonds is 3. The molecule has 1 rings (SSSR count). The van der Waals surface area contributed by atoms with Gasteiger partial charge in [-0.1, -0.05) is 0 Å². The minimum absolute atomic E-state index is 0.0949. The van der Waals surface area contributed by atoms with Crippen molar-refractivity contribution < 1.29 is 10.0 Å². The highest BCUT2D eigenvalue weighted by atomic mass is 16.6. The third kappa shape index (κ3) is 2.04. The maximum atomic E-state index is 10.3. The van der Waals surface area contributed by atoms with Crippen LogP contribution in [0.2, 0.25) is 0 Å². The van der Waals surface area contributed by atoms with Gasteiger partial charge in [-0.3, -0.25) is 15.1 Å². The van der Waals surface area contributed by atoms with Crippen LogP contribution < -0.4 is 5.73 Å². The summed E-state index contributed by atoms with van der Waals surface area (Å²) in [6.45, 7) is 1.33. The lowest BCUT2D eigenvalue weighted by Gasteiger charge is -2.20. The first-order valence-corrected chi connectivity index (χ1v) is 3.98. The fraction of sp³-hybridized carbons (Fsp3) is 0.375. The van der Waals surface area contributed by atoms with Crippen molar-refractivity contribution in [1.29, 1.82) is 0 Å². The van der Waals surface area contributed by atoms with Crippen molar-refractivity contribution in [3.05, 3.63) is 34.1 Å². The van der Waals surface area contributed by atoms with E-state index in [1.54, 1.807) is 6.92 Å². The zero-order valence-electron chi connectivity index (χ0n) is 7.67. The van der Waals surface area contributed by atoms with E-state index in [0.29, 0.717) is 5.69 Å². The van der Waals surface area contributed by atoms with Crippen molar-refractivity contribution in [2.45, 2.75) is 12.5 Å². The molecule has 0 aromatic carbocycles. The van der Waals surface area contributed by atoms with Gasteiger partial charge in [0.2, 0.25) is 0 Å². The Balaban J connectivity index is 2.99. The van der Waals surface area contributed by atoms with Gasteiger partial charge < -0.3 is 10.8 Å². The van der Waals surface area contributed by atoms with Gasteiger partial charge in [0.15, 0.2) is 0 Å². The van der Waals surface area contributed by atoms with Crippen LogP contribution in [0.5, 0.6) is 0 Å². The highest BCUT2D eigenvalue weighted by molar-refractivity contribution is 5.29. The first-order chi connectivity index (χ1) is 6.47. The van der Waals surface area contributed by atoms with Crippen LogP contribution in [-0.4, -0.2) is 21.6 Å². The van der Waals surface area contributed by atoms with Crippen LogP contribution in [0.3, 0.4) is 0 Å². The molecule has 76 valence electrons. The summed E-state index contributed by atoms with van der Waals surface area (Å²) in [4.78, 5) is 13.6. The third-order valence-corrected chi connectivity index (χ3v) is 1.87. The third-order valence-electron chi connectivity index (χ3n) is 1.87. The number of hydrogen-bond donors (Lipinski definition) is 2. The van der Waals surface area contributed by atoms with Crippen molar-refractivity contribution in [2.75, 3.05) is 6.61 Å². The van der Waals surface area contributed by atoms with Gasteiger partial charge in [0.1, 0.15) is 6.20 Å². The summed E-state index contributed by atoms with van der Waals surface area (Å²) in [6.07, 6.45) is 1.12. The fourth-order valence-corrected chi connectivity index (χ4v) is 0.913. The van der Waals surface area contributed by atoms with Crippen LogP contribution in [-0.2, 0) is 5.54 Å². The van der Waals surface area contributed by atoms with Gasteiger partial charge in [0, 0.05) is 6.07 Å². The van der Waals surface area contributed by atoms with Gasteiger partial charge in [0.25, 0.3) is 5.69 Å². The van der Waals surface area contributed by atoms with Crippen LogP contribution in [0.1, 0.15) is 12.6 Å². The van der Waals surface area contributed by atoms with Crippen LogP contribution in [0.15, 0.2) is 18.3 Å². The predicted molar refractivity (Wildman–Crippen MR) is 49.5 cm³/mol. The standard InChI is InChI=1S/C8H11N3O3/c1-8(9,5-12)7-3-2-6(4-10-7)11(13)14/h2-4,12H,5,9H2,1H3/t8-/m0/s1. The fourth-order valence-electron chi connectivity index (χ4n) is 0.913. The summed E-state index contributed by atoms with van der Waals surface area (Å²) >= 11 is 0. The number of nitrogens with two attached hydrogens (primary N) is 1. The number of aromatic nitrogens is 1. The molecule has 1 atom stereocenters. The number of nitro groups is 1. The Morgan fingerprint density at radius 1 is 1.71 bits per heavy atom. The molecule has 6 heteroatoms. The molecule has 0 fully saturated rings. The average Bonchev–Trinajstić information content (AvgIpc) is 2.18. The zero-order valence-corrected chi connectivity index (χ0v) is 7.67. The molecule has 0 spiro atoms. The smallest absolute Gasteiger partial charge is 0.287 e. The maximum absolute atomic E-state index is 10.3. The molecule has 1 aromatic heterocycles. The van der Waals surface area contributed by atoms with Crippen molar-refractivity contribution in [3.8, 4) is 0 Å². The van der Waals surface area contributed by atoms with E-state index < -0.39 is 10.5 Å². The summed E-state index contributed by atoms with van der Waals surface area (Å²) in [5.74, 6) is 0. The first kappa shape index (κ1) is 10.6. The topological polar surface area (TPSA) is 102 Å². The molecular weight excluding hydrogens is 186 g/mol. The first-order valence-electron chi connectivity index (χ1n) is 3.98. The molecule has 0 amide bonds. The van der Waals surface area contributed by atoms with E-state index in [1.807, 2.05) is 0 Å². The van der Waals surface area contributed by atoms with Crippen molar-refractivity contribution in [2.24, 2.45) is 5.73 Å². The van der Waals surface area contributed by atoms with Crippen LogP contribution in [0.25, 0.3) is 0 Å². The number of pyridine rings is 1. The van der Waals surface area contributed by atoms with Crippen LogP contribution in [0, 0.1) is 10.1 Å².